The Balaban J connectivity index is 1.66. The molecule has 0 spiro atoms. The molecule has 3 aromatic rings. The Morgan fingerprint density at radius 2 is 2.03 bits per heavy atom. The molecule has 148 valence electrons. The fraction of sp³-hybridized carbons (Fsp3) is 0.200. The minimum atomic E-state index is -4.45. The zero-order valence-electron chi connectivity index (χ0n) is 15.0. The number of carbonyl (C=O) groups is 1. The highest BCUT2D eigenvalue weighted by atomic mass is 19.4. The monoisotopic (exact) mass is 400 g/mol. The van der Waals surface area contributed by atoms with Gasteiger partial charge in [-0.1, -0.05) is 12.1 Å². The Hall–Kier alpha value is -3.49. The van der Waals surface area contributed by atoms with E-state index in [4.69, 9.17) is 4.74 Å². The van der Waals surface area contributed by atoms with E-state index in [0.29, 0.717) is 41.5 Å². The molecule has 0 saturated carbocycles. The average molecular weight is 400 g/mol. The molecule has 1 N–H and O–H groups in total. The van der Waals surface area contributed by atoms with Crippen molar-refractivity contribution in [3.05, 3.63) is 66.2 Å². The van der Waals surface area contributed by atoms with Crippen molar-refractivity contribution in [2.24, 2.45) is 0 Å². The number of ether oxygens (including phenoxy) is 1. The summed E-state index contributed by atoms with van der Waals surface area (Å²) in [5.41, 5.74) is 0.268. The smallest absolute Gasteiger partial charge is 0.416 e. The van der Waals surface area contributed by atoms with Crippen LogP contribution in [0.4, 0.5) is 19.0 Å². The Morgan fingerprint density at radius 1 is 1.17 bits per heavy atom. The van der Waals surface area contributed by atoms with Gasteiger partial charge in [0.25, 0.3) is 0 Å². The first-order valence-electron chi connectivity index (χ1n) is 8.80. The molecule has 0 radical (unpaired) electrons. The van der Waals surface area contributed by atoms with Gasteiger partial charge in [0, 0.05) is 11.8 Å². The maximum Gasteiger partial charge on any atom is 0.416 e. The van der Waals surface area contributed by atoms with Crippen LogP contribution in [0.25, 0.3) is 11.3 Å². The van der Waals surface area contributed by atoms with Gasteiger partial charge in [-0.3, -0.25) is 4.79 Å². The van der Waals surface area contributed by atoms with Crippen LogP contribution in [-0.2, 0) is 11.0 Å². The van der Waals surface area contributed by atoms with Crippen LogP contribution in [0.2, 0.25) is 0 Å². The second-order valence-corrected chi connectivity index (χ2v) is 6.43. The van der Waals surface area contributed by atoms with Gasteiger partial charge in [-0.25, -0.2) is 15.0 Å². The fourth-order valence-corrected chi connectivity index (χ4v) is 3.11. The van der Waals surface area contributed by atoms with Gasteiger partial charge in [0.1, 0.15) is 17.9 Å². The van der Waals surface area contributed by atoms with Gasteiger partial charge in [0.05, 0.1) is 29.5 Å². The van der Waals surface area contributed by atoms with E-state index in [1.165, 1.54) is 18.6 Å². The number of carbonyl (C=O) groups excluding carboxylic acids is 1. The zero-order valence-corrected chi connectivity index (χ0v) is 15.0. The molecule has 1 aromatic carbocycles. The van der Waals surface area contributed by atoms with Gasteiger partial charge in [0.2, 0.25) is 5.91 Å². The van der Waals surface area contributed by atoms with Gasteiger partial charge in [-0.15, -0.1) is 0 Å². The van der Waals surface area contributed by atoms with Gasteiger partial charge >= 0.3 is 6.18 Å². The van der Waals surface area contributed by atoms with E-state index in [-0.39, 0.29) is 5.91 Å². The standard InChI is InChI=1S/C20H15F3N4O2/c21-20(22,23)13-3-1-2-12(10-13)15-4-5-16-18(26-15)14(7-9-29-16)19(28)27-17-6-8-24-11-25-17/h1-6,8,10-11,14H,7,9H2,(H,24,25,27,28). The first-order chi connectivity index (χ1) is 13.9. The van der Waals surface area contributed by atoms with E-state index in [2.05, 4.69) is 20.3 Å². The predicted octanol–water partition coefficient (Wildman–Crippen LogP) is 4.06. The lowest BCUT2D eigenvalue weighted by molar-refractivity contribution is -0.137. The number of nitrogens with zero attached hydrogens (tertiary/aromatic N) is 3. The van der Waals surface area contributed by atoms with Gasteiger partial charge in [-0.05, 0) is 36.8 Å². The predicted molar refractivity (Wildman–Crippen MR) is 98.2 cm³/mol. The summed E-state index contributed by atoms with van der Waals surface area (Å²) in [6.07, 6.45) is -1.24. The van der Waals surface area contributed by atoms with Crippen LogP contribution in [-0.4, -0.2) is 27.5 Å². The molecule has 1 atom stereocenters. The first kappa shape index (κ1) is 18.9. The van der Waals surface area contributed by atoms with Crippen LogP contribution >= 0.6 is 0 Å². The maximum atomic E-state index is 13.0. The summed E-state index contributed by atoms with van der Waals surface area (Å²) in [4.78, 5) is 25.0. The summed E-state index contributed by atoms with van der Waals surface area (Å²) in [6.45, 7) is 0.333. The lowest BCUT2D eigenvalue weighted by Crippen LogP contribution is -2.27. The van der Waals surface area contributed by atoms with Crippen molar-refractivity contribution in [1.82, 2.24) is 15.0 Å². The van der Waals surface area contributed by atoms with Crippen LogP contribution in [0.5, 0.6) is 5.75 Å². The number of aromatic nitrogens is 3. The lowest BCUT2D eigenvalue weighted by atomic mass is 9.96. The molecule has 4 rings (SSSR count). The van der Waals surface area contributed by atoms with Gasteiger partial charge in [-0.2, -0.15) is 13.2 Å². The highest BCUT2D eigenvalue weighted by molar-refractivity contribution is 5.95. The van der Waals surface area contributed by atoms with Crippen molar-refractivity contribution in [3.8, 4) is 17.0 Å². The number of pyridine rings is 1. The number of fused-ring (bicyclic) bond motifs is 1. The molecule has 6 nitrogen and oxygen atoms in total. The van der Waals surface area contributed by atoms with Crippen molar-refractivity contribution in [2.45, 2.75) is 18.5 Å². The Morgan fingerprint density at radius 3 is 2.79 bits per heavy atom. The second-order valence-electron chi connectivity index (χ2n) is 6.43. The van der Waals surface area contributed by atoms with E-state index in [0.717, 1.165) is 12.1 Å². The molecular formula is C20H15F3N4O2. The molecule has 29 heavy (non-hydrogen) atoms. The molecular weight excluding hydrogens is 385 g/mol. The average Bonchev–Trinajstić information content (AvgIpc) is 2.73. The summed E-state index contributed by atoms with van der Waals surface area (Å²) in [7, 11) is 0. The maximum absolute atomic E-state index is 13.0. The number of anilines is 1. The van der Waals surface area contributed by atoms with E-state index < -0.39 is 17.7 Å². The van der Waals surface area contributed by atoms with Crippen LogP contribution in [0.3, 0.4) is 0 Å². The molecule has 9 heteroatoms. The van der Waals surface area contributed by atoms with Crippen LogP contribution in [0.1, 0.15) is 23.6 Å². The van der Waals surface area contributed by atoms with E-state index in [9.17, 15) is 18.0 Å². The highest BCUT2D eigenvalue weighted by Crippen LogP contribution is 2.36. The first-order valence-corrected chi connectivity index (χ1v) is 8.80. The summed E-state index contributed by atoms with van der Waals surface area (Å²) >= 11 is 0. The molecule has 1 aliphatic rings. The number of rotatable bonds is 3. The van der Waals surface area contributed by atoms with Crippen molar-refractivity contribution in [2.75, 3.05) is 11.9 Å². The summed E-state index contributed by atoms with van der Waals surface area (Å²) in [5, 5.41) is 2.71. The summed E-state index contributed by atoms with van der Waals surface area (Å²) in [6, 6.07) is 9.68. The van der Waals surface area contributed by atoms with E-state index >= 15 is 0 Å². The molecule has 0 saturated heterocycles. The summed E-state index contributed by atoms with van der Waals surface area (Å²) < 4.78 is 44.7. The van der Waals surface area contributed by atoms with Gasteiger partial charge < -0.3 is 10.1 Å². The molecule has 1 aliphatic heterocycles. The topological polar surface area (TPSA) is 77.0 Å². The van der Waals surface area contributed by atoms with E-state index in [1.807, 2.05) is 0 Å². The third kappa shape index (κ3) is 4.03. The number of hydrogen-bond acceptors (Lipinski definition) is 5. The largest absolute Gasteiger partial charge is 0.492 e. The van der Waals surface area contributed by atoms with E-state index in [1.54, 1.807) is 24.3 Å². The Bertz CT molecular complexity index is 1040. The Labute approximate surface area is 163 Å². The second kappa shape index (κ2) is 7.50. The van der Waals surface area contributed by atoms with Crippen LogP contribution in [0.15, 0.2) is 55.0 Å². The minimum absolute atomic E-state index is 0.308. The highest BCUT2D eigenvalue weighted by Gasteiger charge is 2.32. The molecule has 0 bridgehead atoms. The van der Waals surface area contributed by atoms with Crippen LogP contribution < -0.4 is 10.1 Å². The fourth-order valence-electron chi connectivity index (χ4n) is 3.11. The number of alkyl halides is 3. The van der Waals surface area contributed by atoms with Gasteiger partial charge in [0.15, 0.2) is 0 Å². The molecule has 1 unspecified atom stereocenters. The number of benzene rings is 1. The number of halogens is 3. The molecule has 1 amide bonds. The van der Waals surface area contributed by atoms with Crippen molar-refractivity contribution < 1.29 is 22.7 Å². The van der Waals surface area contributed by atoms with Crippen molar-refractivity contribution in [3.63, 3.8) is 0 Å². The Kier molecular flexibility index (Phi) is 4.87. The molecule has 0 aliphatic carbocycles. The molecule has 3 heterocycles. The normalized spacial score (nSPS) is 15.9. The number of hydrogen-bond donors (Lipinski definition) is 1. The third-order valence-corrected chi connectivity index (χ3v) is 4.52. The number of nitrogens with one attached hydrogen (secondary N) is 1. The number of amides is 1. The minimum Gasteiger partial charge on any atom is -0.492 e. The lowest BCUT2D eigenvalue weighted by Gasteiger charge is -2.24. The molecule has 2 aromatic heterocycles. The molecule has 0 fully saturated rings. The quantitative estimate of drug-likeness (QED) is 0.718. The van der Waals surface area contributed by atoms with Crippen molar-refractivity contribution >= 4 is 11.7 Å². The zero-order chi connectivity index (χ0) is 20.4. The summed E-state index contributed by atoms with van der Waals surface area (Å²) in [5.74, 6) is -0.136. The van der Waals surface area contributed by atoms with Crippen LogP contribution in [0, 0.1) is 0 Å². The third-order valence-electron chi connectivity index (χ3n) is 4.52. The SMILES string of the molecule is O=C(Nc1ccncn1)C1CCOc2ccc(-c3cccc(C(F)(F)F)c3)nc21. The van der Waals surface area contributed by atoms with Crippen molar-refractivity contribution in [1.29, 1.82) is 0 Å².